The fourth-order valence-electron chi connectivity index (χ4n) is 1.85. The van der Waals surface area contributed by atoms with Gasteiger partial charge in [0, 0.05) is 10.5 Å². The van der Waals surface area contributed by atoms with Gasteiger partial charge in [0.25, 0.3) is 5.91 Å². The molecule has 0 fully saturated rings. The highest BCUT2D eigenvalue weighted by molar-refractivity contribution is 9.10. The Morgan fingerprint density at radius 1 is 1.22 bits per heavy atom. The van der Waals surface area contributed by atoms with Crippen LogP contribution in [-0.4, -0.2) is 11.9 Å². The highest BCUT2D eigenvalue weighted by Crippen LogP contribution is 2.16. The summed E-state index contributed by atoms with van der Waals surface area (Å²) in [6.45, 7) is 6.52. The van der Waals surface area contributed by atoms with E-state index in [-0.39, 0.29) is 11.9 Å². The van der Waals surface area contributed by atoms with Gasteiger partial charge in [0.15, 0.2) is 0 Å². The third kappa shape index (κ3) is 5.21. The lowest BCUT2D eigenvalue weighted by atomic mass is 10.0. The minimum atomic E-state index is -0.000443. The van der Waals surface area contributed by atoms with E-state index in [1.807, 2.05) is 24.3 Å². The van der Waals surface area contributed by atoms with Crippen LogP contribution in [0.3, 0.4) is 0 Å². The minimum Gasteiger partial charge on any atom is -0.350 e. The molecule has 0 aliphatic rings. The first-order chi connectivity index (χ1) is 8.50. The molecule has 0 spiro atoms. The lowest BCUT2D eigenvalue weighted by Crippen LogP contribution is -2.32. The van der Waals surface area contributed by atoms with E-state index in [0.717, 1.165) is 23.2 Å². The molecule has 1 amide bonds. The molecule has 0 saturated heterocycles. The molecule has 2 nitrogen and oxygen atoms in total. The van der Waals surface area contributed by atoms with E-state index in [0.29, 0.717) is 5.56 Å². The van der Waals surface area contributed by atoms with Gasteiger partial charge in [-0.2, -0.15) is 0 Å². The van der Waals surface area contributed by atoms with Gasteiger partial charge in [0.05, 0.1) is 5.56 Å². The zero-order valence-electron chi connectivity index (χ0n) is 11.4. The van der Waals surface area contributed by atoms with Crippen LogP contribution in [0.1, 0.15) is 50.4 Å². The molecule has 0 aliphatic carbocycles. The second kappa shape index (κ2) is 7.57. The SMILES string of the molecule is CC(C)CCC[C@H](C)NC(=O)c1ccccc1Br. The van der Waals surface area contributed by atoms with Crippen molar-refractivity contribution in [2.45, 2.75) is 46.1 Å². The minimum absolute atomic E-state index is 0.000443. The number of carbonyl (C=O) groups excluding carboxylic acids is 1. The smallest absolute Gasteiger partial charge is 0.252 e. The Labute approximate surface area is 118 Å². The highest BCUT2D eigenvalue weighted by atomic mass is 79.9. The third-order valence-corrected chi connectivity index (χ3v) is 3.61. The molecular formula is C15H22BrNO. The Hall–Kier alpha value is -0.830. The summed E-state index contributed by atoms with van der Waals surface area (Å²) in [6, 6.07) is 7.73. The number of hydrogen-bond donors (Lipinski definition) is 1. The Balaban J connectivity index is 2.43. The van der Waals surface area contributed by atoms with Gasteiger partial charge in [0.1, 0.15) is 0 Å². The van der Waals surface area contributed by atoms with Crippen LogP contribution < -0.4 is 5.32 Å². The van der Waals surface area contributed by atoms with Crippen molar-refractivity contribution >= 4 is 21.8 Å². The normalized spacial score (nSPS) is 12.5. The highest BCUT2D eigenvalue weighted by Gasteiger charge is 2.12. The van der Waals surface area contributed by atoms with E-state index in [1.165, 1.54) is 6.42 Å². The van der Waals surface area contributed by atoms with Crippen molar-refractivity contribution in [2.24, 2.45) is 5.92 Å². The molecule has 0 saturated carbocycles. The number of benzene rings is 1. The number of amides is 1. The molecule has 0 bridgehead atoms. The second-order valence-corrected chi connectivity index (χ2v) is 6.03. The molecule has 18 heavy (non-hydrogen) atoms. The standard InChI is InChI=1S/C15H22BrNO/c1-11(2)7-6-8-12(3)17-15(18)13-9-4-5-10-14(13)16/h4-5,9-12H,6-8H2,1-3H3,(H,17,18)/t12-/m0/s1. The van der Waals surface area contributed by atoms with Crippen molar-refractivity contribution in [3.05, 3.63) is 34.3 Å². The predicted molar refractivity (Wildman–Crippen MR) is 79.8 cm³/mol. The van der Waals surface area contributed by atoms with Crippen molar-refractivity contribution in [3.8, 4) is 0 Å². The van der Waals surface area contributed by atoms with Crippen LogP contribution in [0.25, 0.3) is 0 Å². The first-order valence-corrected chi connectivity index (χ1v) is 7.35. The molecule has 0 aliphatic heterocycles. The summed E-state index contributed by atoms with van der Waals surface area (Å²) in [7, 11) is 0. The maximum atomic E-state index is 12.0. The first kappa shape index (κ1) is 15.2. The summed E-state index contributed by atoms with van der Waals surface area (Å²) in [5, 5.41) is 3.04. The molecule has 1 aromatic rings. The van der Waals surface area contributed by atoms with Gasteiger partial charge in [-0.1, -0.05) is 38.8 Å². The number of halogens is 1. The maximum Gasteiger partial charge on any atom is 0.252 e. The quantitative estimate of drug-likeness (QED) is 0.829. The van der Waals surface area contributed by atoms with E-state index in [9.17, 15) is 4.79 Å². The van der Waals surface area contributed by atoms with Gasteiger partial charge in [0.2, 0.25) is 0 Å². The van der Waals surface area contributed by atoms with Crippen molar-refractivity contribution < 1.29 is 4.79 Å². The molecular weight excluding hydrogens is 290 g/mol. The zero-order chi connectivity index (χ0) is 13.5. The summed E-state index contributed by atoms with van der Waals surface area (Å²) in [4.78, 5) is 12.0. The Morgan fingerprint density at radius 3 is 2.50 bits per heavy atom. The fourth-order valence-corrected chi connectivity index (χ4v) is 2.32. The van der Waals surface area contributed by atoms with Gasteiger partial charge in [-0.05, 0) is 47.3 Å². The van der Waals surface area contributed by atoms with E-state index in [4.69, 9.17) is 0 Å². The Kier molecular flexibility index (Phi) is 6.41. The fraction of sp³-hybridized carbons (Fsp3) is 0.533. The van der Waals surface area contributed by atoms with Gasteiger partial charge < -0.3 is 5.32 Å². The average molecular weight is 312 g/mol. The van der Waals surface area contributed by atoms with Gasteiger partial charge in [-0.15, -0.1) is 0 Å². The summed E-state index contributed by atoms with van der Waals surface area (Å²) in [5.41, 5.74) is 0.702. The Morgan fingerprint density at radius 2 is 1.89 bits per heavy atom. The van der Waals surface area contributed by atoms with Crippen LogP contribution in [0.15, 0.2) is 28.7 Å². The topological polar surface area (TPSA) is 29.1 Å². The molecule has 1 aromatic carbocycles. The summed E-state index contributed by atoms with van der Waals surface area (Å²) >= 11 is 3.40. The van der Waals surface area contributed by atoms with Crippen LogP contribution in [0, 0.1) is 5.92 Å². The van der Waals surface area contributed by atoms with E-state index >= 15 is 0 Å². The third-order valence-electron chi connectivity index (χ3n) is 2.91. The number of rotatable bonds is 6. The summed E-state index contributed by atoms with van der Waals surface area (Å²) in [5.74, 6) is 0.732. The van der Waals surface area contributed by atoms with E-state index < -0.39 is 0 Å². The largest absolute Gasteiger partial charge is 0.350 e. The van der Waals surface area contributed by atoms with Crippen molar-refractivity contribution in [2.75, 3.05) is 0 Å². The van der Waals surface area contributed by atoms with Crippen LogP contribution in [0.2, 0.25) is 0 Å². The Bertz CT molecular complexity index is 390. The second-order valence-electron chi connectivity index (χ2n) is 5.18. The lowest BCUT2D eigenvalue weighted by Gasteiger charge is -2.15. The molecule has 0 aromatic heterocycles. The predicted octanol–water partition coefficient (Wildman–Crippen LogP) is 4.39. The van der Waals surface area contributed by atoms with Gasteiger partial charge in [-0.25, -0.2) is 0 Å². The van der Waals surface area contributed by atoms with Crippen LogP contribution >= 0.6 is 15.9 Å². The lowest BCUT2D eigenvalue weighted by molar-refractivity contribution is 0.0937. The van der Waals surface area contributed by atoms with Crippen LogP contribution in [0.4, 0.5) is 0 Å². The van der Waals surface area contributed by atoms with Crippen LogP contribution in [0.5, 0.6) is 0 Å². The van der Waals surface area contributed by atoms with E-state index in [1.54, 1.807) is 0 Å². The molecule has 1 atom stereocenters. The van der Waals surface area contributed by atoms with Crippen LogP contribution in [-0.2, 0) is 0 Å². The van der Waals surface area contributed by atoms with Gasteiger partial charge in [-0.3, -0.25) is 4.79 Å². The molecule has 1 N–H and O–H groups in total. The summed E-state index contributed by atoms with van der Waals surface area (Å²) < 4.78 is 0.844. The maximum absolute atomic E-state index is 12.0. The average Bonchev–Trinajstić information content (AvgIpc) is 2.28. The van der Waals surface area contributed by atoms with Gasteiger partial charge >= 0.3 is 0 Å². The zero-order valence-corrected chi connectivity index (χ0v) is 13.0. The molecule has 0 heterocycles. The van der Waals surface area contributed by atoms with E-state index in [2.05, 4.69) is 42.0 Å². The van der Waals surface area contributed by atoms with Crippen molar-refractivity contribution in [1.82, 2.24) is 5.32 Å². The summed E-state index contributed by atoms with van der Waals surface area (Å²) in [6.07, 6.45) is 3.42. The molecule has 100 valence electrons. The number of carbonyl (C=O) groups is 1. The molecule has 1 rings (SSSR count). The van der Waals surface area contributed by atoms with Crippen molar-refractivity contribution in [3.63, 3.8) is 0 Å². The van der Waals surface area contributed by atoms with Crippen molar-refractivity contribution in [1.29, 1.82) is 0 Å². The number of nitrogens with one attached hydrogen (secondary N) is 1. The monoisotopic (exact) mass is 311 g/mol. The molecule has 0 radical (unpaired) electrons. The number of hydrogen-bond acceptors (Lipinski definition) is 1. The molecule has 3 heteroatoms. The first-order valence-electron chi connectivity index (χ1n) is 6.56. The molecule has 0 unspecified atom stereocenters.